The van der Waals surface area contributed by atoms with Gasteiger partial charge in [0.2, 0.25) is 11.8 Å². The Hall–Kier alpha value is -3.10. The first-order valence-electron chi connectivity index (χ1n) is 9.54. The van der Waals surface area contributed by atoms with E-state index in [1.165, 1.54) is 0 Å². The van der Waals surface area contributed by atoms with Crippen molar-refractivity contribution >= 4 is 23.7 Å². The molecule has 9 nitrogen and oxygen atoms in total. The van der Waals surface area contributed by atoms with Gasteiger partial charge in [-0.15, -0.1) is 0 Å². The Morgan fingerprint density at radius 3 is 2.21 bits per heavy atom. The van der Waals surface area contributed by atoms with Crippen molar-refractivity contribution in [3.63, 3.8) is 0 Å². The highest BCUT2D eigenvalue weighted by atomic mass is 16.4. The van der Waals surface area contributed by atoms with Crippen molar-refractivity contribution in [3.05, 3.63) is 35.9 Å². The van der Waals surface area contributed by atoms with E-state index in [1.807, 2.05) is 30.3 Å². The highest BCUT2D eigenvalue weighted by molar-refractivity contribution is 5.88. The van der Waals surface area contributed by atoms with Crippen LogP contribution in [-0.2, 0) is 14.4 Å². The Morgan fingerprint density at radius 1 is 1.07 bits per heavy atom. The molecule has 0 aliphatic rings. The van der Waals surface area contributed by atoms with Crippen LogP contribution in [0.25, 0.3) is 0 Å². The van der Waals surface area contributed by atoms with Gasteiger partial charge in [-0.2, -0.15) is 0 Å². The molecular formula is C20H31N5O4. The van der Waals surface area contributed by atoms with Crippen molar-refractivity contribution in [1.29, 1.82) is 5.41 Å². The maximum atomic E-state index is 12.7. The Labute approximate surface area is 170 Å². The molecule has 0 bridgehead atoms. The fourth-order valence-corrected chi connectivity index (χ4v) is 2.75. The molecule has 0 saturated carbocycles. The summed E-state index contributed by atoms with van der Waals surface area (Å²) in [6.45, 7) is 4.21. The molecule has 0 heterocycles. The Morgan fingerprint density at radius 2 is 1.66 bits per heavy atom. The van der Waals surface area contributed by atoms with Gasteiger partial charge in [0.1, 0.15) is 0 Å². The first kappa shape index (κ1) is 23.9. The second-order valence-corrected chi connectivity index (χ2v) is 7.47. The van der Waals surface area contributed by atoms with Crippen LogP contribution in [0.2, 0.25) is 0 Å². The minimum atomic E-state index is -1.08. The van der Waals surface area contributed by atoms with E-state index in [-0.39, 0.29) is 24.8 Å². The smallest absolute Gasteiger partial charge is 0.304 e. The number of nitrogens with one attached hydrogen (secondary N) is 4. The summed E-state index contributed by atoms with van der Waals surface area (Å²) < 4.78 is 0. The van der Waals surface area contributed by atoms with Crippen molar-refractivity contribution < 1.29 is 19.5 Å². The molecule has 0 aliphatic carbocycles. The lowest BCUT2D eigenvalue weighted by molar-refractivity contribution is -0.144. The average molecular weight is 405 g/mol. The van der Waals surface area contributed by atoms with Gasteiger partial charge in [-0.25, -0.2) is 0 Å². The maximum Gasteiger partial charge on any atom is 0.304 e. The molecule has 1 aromatic rings. The zero-order valence-corrected chi connectivity index (χ0v) is 17.0. The van der Waals surface area contributed by atoms with Crippen LogP contribution in [0.15, 0.2) is 30.3 Å². The van der Waals surface area contributed by atoms with Crippen LogP contribution in [0.5, 0.6) is 0 Å². The number of benzene rings is 1. The third-order valence-electron chi connectivity index (χ3n) is 4.41. The molecule has 0 saturated heterocycles. The molecule has 0 radical (unpaired) electrons. The number of nitrogens with two attached hydrogens (primary N) is 1. The summed E-state index contributed by atoms with van der Waals surface area (Å²) in [5.41, 5.74) is 4.90. The van der Waals surface area contributed by atoms with Crippen LogP contribution in [0, 0.1) is 10.8 Å². The summed E-state index contributed by atoms with van der Waals surface area (Å²) >= 11 is 0. The molecule has 2 amide bonds. The molecule has 0 unspecified atom stereocenters. The van der Waals surface area contributed by atoms with Crippen LogP contribution < -0.4 is 21.7 Å². The zero-order chi connectivity index (χ0) is 21.9. The van der Waals surface area contributed by atoms with Crippen LogP contribution >= 0.6 is 0 Å². The number of aliphatic carboxylic acids is 1. The van der Waals surface area contributed by atoms with Crippen molar-refractivity contribution in [2.24, 2.45) is 11.1 Å². The van der Waals surface area contributed by atoms with E-state index in [1.54, 1.807) is 13.8 Å². The second-order valence-electron chi connectivity index (χ2n) is 7.47. The van der Waals surface area contributed by atoms with Gasteiger partial charge in [-0.1, -0.05) is 44.2 Å². The molecule has 7 N–H and O–H groups in total. The number of unbranched alkanes of at least 4 members (excludes halogenated alkanes) is 1. The summed E-state index contributed by atoms with van der Waals surface area (Å²) in [5.74, 6) is -2.35. The van der Waals surface area contributed by atoms with Gasteiger partial charge in [-0.05, 0) is 18.4 Å². The molecule has 1 atom stereocenters. The summed E-state index contributed by atoms with van der Waals surface area (Å²) in [6, 6.07) is 9.11. The largest absolute Gasteiger partial charge is 0.481 e. The normalized spacial score (nSPS) is 11.9. The standard InChI is InChI=1S/C20H31N5O4/c1-20(2,12-16(26)27)18(29)25-13-15(14-8-4-3-5-9-14)17(28)23-10-6-7-11-24-19(21)22/h3-5,8-9,15H,6-7,10-13H2,1-2H3,(H,23,28)(H,25,29)(H,26,27)(H4,21,22,24)/t15-/m0/s1. The number of hydrogen-bond acceptors (Lipinski definition) is 4. The number of carboxylic acid groups (broad SMARTS) is 1. The fourth-order valence-electron chi connectivity index (χ4n) is 2.75. The van der Waals surface area contributed by atoms with E-state index in [0.717, 1.165) is 12.0 Å². The number of carbonyl (C=O) groups is 3. The molecule has 29 heavy (non-hydrogen) atoms. The number of carboxylic acids is 1. The number of carbonyl (C=O) groups excluding carboxylic acids is 2. The van der Waals surface area contributed by atoms with E-state index in [4.69, 9.17) is 16.2 Å². The topological polar surface area (TPSA) is 157 Å². The van der Waals surface area contributed by atoms with Crippen molar-refractivity contribution in [2.45, 2.75) is 39.0 Å². The molecule has 0 spiro atoms. The molecule has 1 aromatic carbocycles. The minimum Gasteiger partial charge on any atom is -0.481 e. The molecule has 0 fully saturated rings. The zero-order valence-electron chi connectivity index (χ0n) is 17.0. The number of rotatable bonds is 12. The second kappa shape index (κ2) is 11.7. The fraction of sp³-hybridized carbons (Fsp3) is 0.500. The van der Waals surface area contributed by atoms with Crippen LogP contribution in [0.4, 0.5) is 0 Å². The number of amides is 2. The van der Waals surface area contributed by atoms with Gasteiger partial charge in [0.05, 0.1) is 17.8 Å². The highest BCUT2D eigenvalue weighted by Crippen LogP contribution is 2.21. The number of guanidine groups is 1. The Balaban J connectivity index is 2.65. The van der Waals surface area contributed by atoms with E-state index in [2.05, 4.69) is 16.0 Å². The van der Waals surface area contributed by atoms with Crippen molar-refractivity contribution in [1.82, 2.24) is 16.0 Å². The van der Waals surface area contributed by atoms with E-state index < -0.39 is 23.2 Å². The van der Waals surface area contributed by atoms with Crippen molar-refractivity contribution in [3.8, 4) is 0 Å². The van der Waals surface area contributed by atoms with Gasteiger partial charge >= 0.3 is 5.97 Å². The van der Waals surface area contributed by atoms with Crippen LogP contribution in [0.3, 0.4) is 0 Å². The van der Waals surface area contributed by atoms with Gasteiger partial charge in [-0.3, -0.25) is 19.8 Å². The lowest BCUT2D eigenvalue weighted by atomic mass is 9.88. The molecular weight excluding hydrogens is 374 g/mol. The Bertz CT molecular complexity index is 706. The first-order chi connectivity index (χ1) is 13.6. The van der Waals surface area contributed by atoms with Gasteiger partial charge in [0, 0.05) is 19.6 Å². The summed E-state index contributed by atoms with van der Waals surface area (Å²) in [7, 11) is 0. The monoisotopic (exact) mass is 405 g/mol. The van der Waals surface area contributed by atoms with Crippen molar-refractivity contribution in [2.75, 3.05) is 19.6 Å². The first-order valence-corrected chi connectivity index (χ1v) is 9.54. The van der Waals surface area contributed by atoms with Crippen LogP contribution in [-0.4, -0.2) is 48.5 Å². The molecule has 1 rings (SSSR count). The van der Waals surface area contributed by atoms with Gasteiger partial charge in [0.25, 0.3) is 0 Å². The van der Waals surface area contributed by atoms with Crippen LogP contribution in [0.1, 0.15) is 44.6 Å². The third-order valence-corrected chi connectivity index (χ3v) is 4.41. The van der Waals surface area contributed by atoms with E-state index in [0.29, 0.717) is 19.5 Å². The van der Waals surface area contributed by atoms with Gasteiger partial charge in [0.15, 0.2) is 5.96 Å². The predicted octanol–water partition coefficient (Wildman–Crippen LogP) is 0.767. The number of hydrogen-bond donors (Lipinski definition) is 6. The lowest BCUT2D eigenvalue weighted by Crippen LogP contribution is -2.43. The maximum absolute atomic E-state index is 12.7. The average Bonchev–Trinajstić information content (AvgIpc) is 2.64. The summed E-state index contributed by atoms with van der Waals surface area (Å²) in [4.78, 5) is 36.1. The van der Waals surface area contributed by atoms with E-state index in [9.17, 15) is 14.4 Å². The van der Waals surface area contributed by atoms with Gasteiger partial charge < -0.3 is 26.8 Å². The molecule has 160 valence electrons. The molecule has 0 aromatic heterocycles. The predicted molar refractivity (Wildman–Crippen MR) is 110 cm³/mol. The SMILES string of the molecule is CC(C)(CC(=O)O)C(=O)NC[C@H](C(=O)NCCCCNC(=N)N)c1ccccc1. The minimum absolute atomic E-state index is 0.0730. The lowest BCUT2D eigenvalue weighted by Gasteiger charge is -2.24. The quantitative estimate of drug-likeness (QED) is 0.171. The Kier molecular flexibility index (Phi) is 9.64. The molecule has 0 aliphatic heterocycles. The molecule has 9 heteroatoms. The van der Waals surface area contributed by atoms with E-state index >= 15 is 0 Å². The highest BCUT2D eigenvalue weighted by Gasteiger charge is 2.31. The third kappa shape index (κ3) is 9.09. The summed E-state index contributed by atoms with van der Waals surface area (Å²) in [5, 5.41) is 24.3. The summed E-state index contributed by atoms with van der Waals surface area (Å²) in [6.07, 6.45) is 1.16.